The van der Waals surface area contributed by atoms with Crippen molar-refractivity contribution >= 4 is 17.3 Å². The van der Waals surface area contributed by atoms with Crippen LogP contribution >= 0.6 is 0 Å². The largest absolute Gasteiger partial charge is 0.457 e. The molecule has 2 aromatic rings. The van der Waals surface area contributed by atoms with Crippen molar-refractivity contribution in [3.63, 3.8) is 0 Å². The van der Waals surface area contributed by atoms with Crippen LogP contribution in [0.4, 0.5) is 11.4 Å². The van der Waals surface area contributed by atoms with Crippen LogP contribution in [0.1, 0.15) is 6.42 Å². The summed E-state index contributed by atoms with van der Waals surface area (Å²) in [6, 6.07) is 8.98. The zero-order chi connectivity index (χ0) is 17.4. The lowest BCUT2D eigenvalue weighted by atomic mass is 9.99. The molecule has 7 nitrogen and oxygen atoms in total. The molecule has 0 radical (unpaired) electrons. The van der Waals surface area contributed by atoms with Crippen LogP contribution in [0.2, 0.25) is 0 Å². The highest BCUT2D eigenvalue weighted by Gasteiger charge is 2.50. The first kappa shape index (κ1) is 15.0. The minimum Gasteiger partial charge on any atom is -0.457 e. The minimum atomic E-state index is -1.05. The number of nitrogens with one attached hydrogen (secondary N) is 1. The summed E-state index contributed by atoms with van der Waals surface area (Å²) in [5.74, 6) is 0.0936. The van der Waals surface area contributed by atoms with Crippen LogP contribution in [0.3, 0.4) is 0 Å². The van der Waals surface area contributed by atoms with E-state index in [1.54, 1.807) is 30.5 Å². The quantitative estimate of drug-likeness (QED) is 0.641. The maximum atomic E-state index is 12.6. The summed E-state index contributed by atoms with van der Waals surface area (Å²) in [7, 11) is 0. The van der Waals surface area contributed by atoms with Crippen molar-refractivity contribution in [3.8, 4) is 23.2 Å². The summed E-state index contributed by atoms with van der Waals surface area (Å²) in [4.78, 5) is 21.8. The van der Waals surface area contributed by atoms with Crippen LogP contribution in [-0.4, -0.2) is 34.5 Å². The molecule has 2 aliphatic heterocycles. The summed E-state index contributed by atoms with van der Waals surface area (Å²) in [6.45, 7) is 7.82. The van der Waals surface area contributed by atoms with E-state index in [4.69, 9.17) is 16.6 Å². The van der Waals surface area contributed by atoms with E-state index in [0.29, 0.717) is 30.2 Å². The first-order valence-electron chi connectivity index (χ1n) is 7.77. The molecule has 0 saturated carbocycles. The van der Waals surface area contributed by atoms with Crippen LogP contribution < -0.4 is 10.1 Å². The van der Waals surface area contributed by atoms with Gasteiger partial charge in [0.2, 0.25) is 11.5 Å². The Morgan fingerprint density at radius 3 is 3.04 bits per heavy atom. The maximum Gasteiger partial charge on any atom is 0.270 e. The molecule has 1 aromatic carbocycles. The van der Waals surface area contributed by atoms with Crippen LogP contribution in [0, 0.1) is 18.0 Å². The minimum absolute atomic E-state index is 0.227. The number of carbonyl (C=O) groups excluding carboxylic acids is 1. The summed E-state index contributed by atoms with van der Waals surface area (Å²) >= 11 is 0. The Labute approximate surface area is 144 Å². The van der Waals surface area contributed by atoms with Gasteiger partial charge >= 0.3 is 0 Å². The van der Waals surface area contributed by atoms with Crippen molar-refractivity contribution < 1.29 is 9.53 Å². The molecule has 0 unspecified atom stereocenters. The average molecular weight is 331 g/mol. The predicted octanol–water partition coefficient (Wildman–Crippen LogP) is 2.56. The molecule has 1 fully saturated rings. The van der Waals surface area contributed by atoms with E-state index in [1.807, 2.05) is 6.07 Å². The van der Waals surface area contributed by atoms with Crippen LogP contribution in [0.15, 0.2) is 36.5 Å². The Bertz CT molecular complexity index is 959. The number of ether oxygens (including phenoxy) is 1. The first-order valence-corrected chi connectivity index (χ1v) is 7.77. The van der Waals surface area contributed by atoms with Gasteiger partial charge in [-0.3, -0.25) is 4.79 Å². The lowest BCUT2D eigenvalue weighted by Crippen LogP contribution is -2.52. The molecular formula is C18H13N5O2. The van der Waals surface area contributed by atoms with Gasteiger partial charge in [-0.1, -0.05) is 18.2 Å². The number of likely N-dealkylation sites (tertiary alicyclic amines) is 1. The van der Waals surface area contributed by atoms with E-state index in [2.05, 4.69) is 21.3 Å². The monoisotopic (exact) mass is 331 g/mol. The third-order valence-electron chi connectivity index (χ3n) is 4.49. The van der Waals surface area contributed by atoms with Crippen molar-refractivity contribution in [2.45, 2.75) is 12.0 Å². The summed E-state index contributed by atoms with van der Waals surface area (Å²) in [5.41, 5.74) is 1.61. The maximum absolute atomic E-state index is 12.6. The molecule has 1 aromatic heterocycles. The molecule has 1 saturated heterocycles. The van der Waals surface area contributed by atoms with Gasteiger partial charge in [-0.05, 0) is 17.7 Å². The molecule has 1 spiro atoms. The third-order valence-corrected chi connectivity index (χ3v) is 4.49. The van der Waals surface area contributed by atoms with Crippen molar-refractivity contribution in [2.75, 3.05) is 18.4 Å². The van der Waals surface area contributed by atoms with Crippen LogP contribution in [-0.2, 0) is 4.79 Å². The van der Waals surface area contributed by atoms with Crippen LogP contribution in [0.5, 0.6) is 5.88 Å². The molecule has 7 heteroatoms. The number of pyridine rings is 1. The molecule has 122 valence electrons. The number of hydrogen-bond acceptors (Lipinski definition) is 5. The fraction of sp³-hybridized carbons (Fsp3) is 0.222. The van der Waals surface area contributed by atoms with Gasteiger partial charge in [-0.25, -0.2) is 9.83 Å². The topological polar surface area (TPSA) is 82.6 Å². The zero-order valence-corrected chi connectivity index (χ0v) is 13.2. The summed E-state index contributed by atoms with van der Waals surface area (Å²) in [5, 5.41) is 11.9. The number of benzene rings is 1. The predicted molar refractivity (Wildman–Crippen MR) is 89.7 cm³/mol. The molecule has 0 aliphatic carbocycles. The second kappa shape index (κ2) is 5.50. The van der Waals surface area contributed by atoms with Crippen molar-refractivity contribution in [1.82, 2.24) is 9.88 Å². The highest BCUT2D eigenvalue weighted by molar-refractivity contribution is 6.01. The number of nitrogens with zero attached hydrogens (tertiary/aromatic N) is 4. The number of amides is 1. The SMILES string of the molecule is [C-]#[N+]c1cccc(-c2cnc3c(c2)NC(=O)[C@@]2(CCN(C#N)C2)O3)c1. The number of hydrogen-bond donors (Lipinski definition) is 1. The number of nitriles is 1. The number of anilines is 1. The van der Waals surface area contributed by atoms with E-state index >= 15 is 0 Å². The number of aromatic nitrogens is 1. The van der Waals surface area contributed by atoms with Crippen molar-refractivity contribution in [3.05, 3.63) is 47.9 Å². The third kappa shape index (κ3) is 2.43. The fourth-order valence-corrected chi connectivity index (χ4v) is 3.14. The number of carbonyl (C=O) groups is 1. The van der Waals surface area contributed by atoms with Crippen molar-refractivity contribution in [1.29, 1.82) is 5.26 Å². The van der Waals surface area contributed by atoms with E-state index in [0.717, 1.165) is 11.1 Å². The Morgan fingerprint density at radius 1 is 1.40 bits per heavy atom. The van der Waals surface area contributed by atoms with Crippen molar-refractivity contribution in [2.24, 2.45) is 0 Å². The van der Waals surface area contributed by atoms with Gasteiger partial charge in [-0.15, -0.1) is 0 Å². The zero-order valence-electron chi connectivity index (χ0n) is 13.2. The molecule has 0 bridgehead atoms. The van der Waals surface area contributed by atoms with Gasteiger partial charge in [0.25, 0.3) is 5.91 Å². The van der Waals surface area contributed by atoms with E-state index in [9.17, 15) is 4.79 Å². The van der Waals surface area contributed by atoms with E-state index in [1.165, 1.54) is 4.90 Å². The molecular weight excluding hydrogens is 318 g/mol. The summed E-state index contributed by atoms with van der Waals surface area (Å²) in [6.07, 6.45) is 4.15. The normalized spacial score (nSPS) is 21.0. The first-order chi connectivity index (χ1) is 12.1. The lowest BCUT2D eigenvalue weighted by molar-refractivity contribution is -0.131. The molecule has 25 heavy (non-hydrogen) atoms. The van der Waals surface area contributed by atoms with Gasteiger partial charge in [0.15, 0.2) is 11.9 Å². The molecule has 1 amide bonds. The van der Waals surface area contributed by atoms with Crippen LogP contribution in [0.25, 0.3) is 16.0 Å². The Kier molecular flexibility index (Phi) is 3.29. The van der Waals surface area contributed by atoms with Gasteiger partial charge < -0.3 is 15.0 Å². The van der Waals surface area contributed by atoms with Gasteiger partial charge in [0.05, 0.1) is 13.1 Å². The highest BCUT2D eigenvalue weighted by Crippen LogP contribution is 2.38. The second-order valence-electron chi connectivity index (χ2n) is 6.06. The molecule has 3 heterocycles. The van der Waals surface area contributed by atoms with E-state index in [-0.39, 0.29) is 12.5 Å². The Morgan fingerprint density at radius 2 is 2.28 bits per heavy atom. The molecule has 1 N–H and O–H groups in total. The van der Waals surface area contributed by atoms with E-state index < -0.39 is 5.60 Å². The number of rotatable bonds is 1. The van der Waals surface area contributed by atoms with Gasteiger partial charge in [0.1, 0.15) is 5.69 Å². The average Bonchev–Trinajstić information content (AvgIpc) is 3.06. The van der Waals surface area contributed by atoms with Gasteiger partial charge in [-0.2, -0.15) is 5.26 Å². The fourth-order valence-electron chi connectivity index (χ4n) is 3.14. The molecule has 2 aliphatic rings. The standard InChI is InChI=1S/C18H13N5O2/c1-20-14-4-2-3-12(7-14)13-8-15-16(21-9-13)25-18(17(24)22-15)5-6-23(10-18)11-19/h2-4,7-9H,5-6,10H2,(H,22,24)/t18-/m0/s1. The highest BCUT2D eigenvalue weighted by atomic mass is 16.5. The smallest absolute Gasteiger partial charge is 0.270 e. The summed E-state index contributed by atoms with van der Waals surface area (Å²) < 4.78 is 5.90. The Hall–Kier alpha value is -3.58. The second-order valence-corrected chi connectivity index (χ2v) is 6.06. The van der Waals surface area contributed by atoms with Gasteiger partial charge in [0, 0.05) is 24.7 Å². The number of fused-ring (bicyclic) bond motifs is 1. The molecule has 1 atom stereocenters. The lowest BCUT2D eigenvalue weighted by Gasteiger charge is -2.33. The Balaban J connectivity index is 1.67. The molecule has 4 rings (SSSR count).